The minimum Gasteiger partial charge on any atom is -0.344 e. The first kappa shape index (κ1) is 15.3. The van der Waals surface area contributed by atoms with Crippen LogP contribution >= 0.6 is 0 Å². The summed E-state index contributed by atoms with van der Waals surface area (Å²) in [4.78, 5) is 4.38. The monoisotopic (exact) mass is 323 g/mol. The highest BCUT2D eigenvalue weighted by atomic mass is 19.1. The van der Waals surface area contributed by atoms with Crippen molar-refractivity contribution in [2.45, 2.75) is 39.8 Å². The molecule has 1 aromatic carbocycles. The van der Waals surface area contributed by atoms with Crippen molar-refractivity contribution in [3.05, 3.63) is 64.4 Å². The van der Waals surface area contributed by atoms with Gasteiger partial charge in [0.25, 0.3) is 0 Å². The minimum absolute atomic E-state index is 0.122. The van der Waals surface area contributed by atoms with Gasteiger partial charge in [0.05, 0.1) is 5.52 Å². The van der Waals surface area contributed by atoms with Crippen LogP contribution < -0.4 is 5.32 Å². The predicted octanol–water partition coefficient (Wildman–Crippen LogP) is 3.68. The fourth-order valence-electron chi connectivity index (χ4n) is 3.65. The Kier molecular flexibility index (Phi) is 3.85. The number of aromatic nitrogens is 2. The van der Waals surface area contributed by atoms with Gasteiger partial charge in [-0.15, -0.1) is 0 Å². The van der Waals surface area contributed by atoms with E-state index in [1.807, 2.05) is 32.2 Å². The van der Waals surface area contributed by atoms with E-state index >= 15 is 0 Å². The molecule has 1 aliphatic heterocycles. The first-order valence-electron chi connectivity index (χ1n) is 8.56. The highest BCUT2D eigenvalue weighted by Gasteiger charge is 2.20. The van der Waals surface area contributed by atoms with Crippen LogP contribution in [0.15, 0.2) is 30.5 Å². The number of hydrogen-bond donors (Lipinski definition) is 1. The summed E-state index contributed by atoms with van der Waals surface area (Å²) in [5.41, 5.74) is 6.68. The molecule has 0 bridgehead atoms. The van der Waals surface area contributed by atoms with E-state index in [-0.39, 0.29) is 5.82 Å². The van der Waals surface area contributed by atoms with Crippen molar-refractivity contribution >= 4 is 10.9 Å². The Balaban J connectivity index is 1.76. The van der Waals surface area contributed by atoms with Gasteiger partial charge in [-0.1, -0.05) is 6.07 Å². The lowest BCUT2D eigenvalue weighted by atomic mass is 10.0. The van der Waals surface area contributed by atoms with Crippen molar-refractivity contribution in [1.82, 2.24) is 14.9 Å². The number of pyridine rings is 1. The minimum atomic E-state index is -0.122. The molecule has 3 nitrogen and oxygen atoms in total. The molecule has 1 aliphatic rings. The van der Waals surface area contributed by atoms with Gasteiger partial charge >= 0.3 is 0 Å². The van der Waals surface area contributed by atoms with Crippen molar-refractivity contribution in [3.8, 4) is 0 Å². The van der Waals surface area contributed by atoms with Crippen molar-refractivity contribution in [2.24, 2.45) is 0 Å². The molecule has 2 aromatic heterocycles. The van der Waals surface area contributed by atoms with Crippen molar-refractivity contribution in [3.63, 3.8) is 0 Å². The van der Waals surface area contributed by atoms with E-state index in [1.54, 1.807) is 6.07 Å². The molecule has 0 fully saturated rings. The summed E-state index contributed by atoms with van der Waals surface area (Å²) in [6.07, 6.45) is 3.85. The van der Waals surface area contributed by atoms with E-state index < -0.39 is 0 Å². The smallest absolute Gasteiger partial charge is 0.128 e. The summed E-state index contributed by atoms with van der Waals surface area (Å²) < 4.78 is 16.5. The van der Waals surface area contributed by atoms with Crippen molar-refractivity contribution in [1.29, 1.82) is 0 Å². The van der Waals surface area contributed by atoms with Crippen LogP contribution in [0.4, 0.5) is 4.39 Å². The molecule has 0 spiro atoms. The van der Waals surface area contributed by atoms with Gasteiger partial charge in [0.15, 0.2) is 0 Å². The molecule has 0 atom stereocenters. The molecule has 0 unspecified atom stereocenters. The molecule has 0 saturated heterocycles. The molecule has 0 aliphatic carbocycles. The van der Waals surface area contributed by atoms with Crippen LogP contribution in [0.1, 0.15) is 28.1 Å². The highest BCUT2D eigenvalue weighted by Crippen LogP contribution is 2.30. The van der Waals surface area contributed by atoms with Gasteiger partial charge in [-0.3, -0.25) is 4.98 Å². The largest absolute Gasteiger partial charge is 0.344 e. The molecule has 1 N–H and O–H groups in total. The zero-order chi connectivity index (χ0) is 16.7. The summed E-state index contributed by atoms with van der Waals surface area (Å²) >= 11 is 0. The normalized spacial score (nSPS) is 14.1. The zero-order valence-corrected chi connectivity index (χ0v) is 14.2. The molecule has 0 radical (unpaired) electrons. The maximum absolute atomic E-state index is 14.2. The van der Waals surface area contributed by atoms with Gasteiger partial charge in [0, 0.05) is 49.0 Å². The lowest BCUT2D eigenvalue weighted by Crippen LogP contribution is -2.24. The van der Waals surface area contributed by atoms with E-state index in [0.29, 0.717) is 0 Å². The van der Waals surface area contributed by atoms with Gasteiger partial charge in [0.1, 0.15) is 5.82 Å². The van der Waals surface area contributed by atoms with E-state index in [9.17, 15) is 4.39 Å². The van der Waals surface area contributed by atoms with Gasteiger partial charge in [-0.2, -0.15) is 0 Å². The van der Waals surface area contributed by atoms with Crippen LogP contribution in [0.5, 0.6) is 0 Å². The number of fused-ring (bicyclic) bond motifs is 3. The Bertz CT molecular complexity index is 894. The van der Waals surface area contributed by atoms with Crippen LogP contribution in [0.3, 0.4) is 0 Å². The van der Waals surface area contributed by atoms with Crippen LogP contribution in [-0.2, 0) is 25.9 Å². The molecule has 4 heteroatoms. The second-order valence-corrected chi connectivity index (χ2v) is 6.68. The van der Waals surface area contributed by atoms with E-state index in [2.05, 4.69) is 20.9 Å². The number of hydrogen-bond acceptors (Lipinski definition) is 2. The third-order valence-electron chi connectivity index (χ3n) is 5.00. The second-order valence-electron chi connectivity index (χ2n) is 6.68. The fourth-order valence-corrected chi connectivity index (χ4v) is 3.65. The second kappa shape index (κ2) is 6.02. The highest BCUT2D eigenvalue weighted by molar-refractivity contribution is 5.86. The zero-order valence-electron chi connectivity index (χ0n) is 14.2. The Morgan fingerprint density at radius 2 is 2.12 bits per heavy atom. The maximum Gasteiger partial charge on any atom is 0.128 e. The van der Waals surface area contributed by atoms with E-state index in [4.69, 9.17) is 0 Å². The Labute approximate surface area is 141 Å². The first-order valence-corrected chi connectivity index (χ1v) is 8.56. The van der Waals surface area contributed by atoms with E-state index in [1.165, 1.54) is 22.2 Å². The fraction of sp³-hybridized carbons (Fsp3) is 0.350. The molecular weight excluding hydrogens is 301 g/mol. The molecule has 0 saturated carbocycles. The van der Waals surface area contributed by atoms with Gasteiger partial charge < -0.3 is 9.88 Å². The van der Waals surface area contributed by atoms with Crippen LogP contribution in [0.25, 0.3) is 10.9 Å². The summed E-state index contributed by atoms with van der Waals surface area (Å²) in [6.45, 7) is 6.55. The Hall–Kier alpha value is -2.20. The molecule has 4 rings (SSSR count). The predicted molar refractivity (Wildman–Crippen MR) is 94.7 cm³/mol. The molecule has 3 heterocycles. The lowest BCUT2D eigenvalue weighted by Gasteiger charge is -2.17. The topological polar surface area (TPSA) is 29.9 Å². The van der Waals surface area contributed by atoms with E-state index in [0.717, 1.165) is 49.2 Å². The summed E-state index contributed by atoms with van der Waals surface area (Å²) in [5.74, 6) is -0.122. The first-order chi connectivity index (χ1) is 11.6. The number of rotatable bonds is 3. The summed E-state index contributed by atoms with van der Waals surface area (Å²) in [7, 11) is 0. The molecule has 0 amide bonds. The number of nitrogens with zero attached hydrogens (tertiary/aromatic N) is 2. The molecular formula is C20H22FN3. The van der Waals surface area contributed by atoms with Gasteiger partial charge in [-0.05, 0) is 55.2 Å². The quantitative estimate of drug-likeness (QED) is 0.797. The number of benzene rings is 1. The number of nitrogens with one attached hydrogen (secondary N) is 1. The van der Waals surface area contributed by atoms with Crippen molar-refractivity contribution in [2.75, 3.05) is 6.54 Å². The Morgan fingerprint density at radius 1 is 1.25 bits per heavy atom. The van der Waals surface area contributed by atoms with Crippen LogP contribution in [0, 0.1) is 19.7 Å². The third kappa shape index (κ3) is 2.61. The molecule has 3 aromatic rings. The van der Waals surface area contributed by atoms with Gasteiger partial charge in [0.2, 0.25) is 0 Å². The molecule has 24 heavy (non-hydrogen) atoms. The average molecular weight is 323 g/mol. The van der Waals surface area contributed by atoms with Gasteiger partial charge in [-0.25, -0.2) is 4.39 Å². The summed E-state index contributed by atoms with van der Waals surface area (Å²) in [6, 6.07) is 7.88. The third-order valence-corrected chi connectivity index (χ3v) is 5.00. The molecule has 124 valence electrons. The van der Waals surface area contributed by atoms with Crippen LogP contribution in [0.2, 0.25) is 0 Å². The summed E-state index contributed by atoms with van der Waals surface area (Å²) in [5, 5.41) is 4.64. The SMILES string of the molecule is Cc1ccc(CCn2c3c(c4cc(C)c(F)cc42)CNCC3)cn1. The Morgan fingerprint density at radius 3 is 2.92 bits per heavy atom. The average Bonchev–Trinajstić information content (AvgIpc) is 2.88. The lowest BCUT2D eigenvalue weighted by molar-refractivity contribution is 0.592. The number of halogens is 1. The number of aryl methyl sites for hydroxylation is 4. The maximum atomic E-state index is 14.2. The van der Waals surface area contributed by atoms with Crippen molar-refractivity contribution < 1.29 is 4.39 Å². The standard InChI is InChI=1S/C20H22FN3/c1-13-9-16-17-12-22-7-5-19(17)24(20(16)10-18(13)21)8-6-15-4-3-14(2)23-11-15/h3-4,9-11,22H,5-8,12H2,1-2H3. The van der Waals surface area contributed by atoms with Crippen LogP contribution in [-0.4, -0.2) is 16.1 Å².